The summed E-state index contributed by atoms with van der Waals surface area (Å²) in [5.74, 6) is 2.72. The van der Waals surface area contributed by atoms with Crippen LogP contribution in [-0.4, -0.2) is 47.1 Å². The average Bonchev–Trinajstić information content (AvgIpc) is 3.33. The van der Waals surface area contributed by atoms with Gasteiger partial charge in [0, 0.05) is 44.0 Å². The molecule has 2 aromatic heterocycles. The number of hydrogen-bond donors (Lipinski definition) is 1. The molecule has 2 aliphatic rings. The van der Waals surface area contributed by atoms with E-state index >= 15 is 0 Å². The molecular weight excluding hydrogens is 490 g/mol. The Morgan fingerprint density at radius 3 is 2.39 bits per heavy atom. The molecule has 1 aliphatic carbocycles. The molecule has 0 unspecified atom stereocenters. The molecule has 2 amide bonds. The fourth-order valence-corrected chi connectivity index (χ4v) is 7.01. The zero-order valence-corrected chi connectivity index (χ0v) is 22.8. The van der Waals surface area contributed by atoms with Crippen LogP contribution in [0.25, 0.3) is 10.2 Å². The highest BCUT2D eigenvalue weighted by Crippen LogP contribution is 2.41. The molecule has 0 bridgehead atoms. The number of thiophene rings is 1. The first kappa shape index (κ1) is 24.9. The zero-order chi connectivity index (χ0) is 25.9. The minimum Gasteiger partial charge on any atom is -0.352 e. The minimum atomic E-state index is 0.00629. The van der Waals surface area contributed by atoms with Gasteiger partial charge in [0.25, 0.3) is 0 Å². The molecule has 1 saturated heterocycles. The number of amides is 2. The van der Waals surface area contributed by atoms with Crippen molar-refractivity contribution in [1.82, 2.24) is 20.2 Å². The van der Waals surface area contributed by atoms with Gasteiger partial charge in [-0.15, -0.1) is 11.3 Å². The number of aryl methyl sites for hydroxylation is 3. The van der Waals surface area contributed by atoms with Gasteiger partial charge in [0.2, 0.25) is 0 Å². The number of aromatic nitrogens is 2. The summed E-state index contributed by atoms with van der Waals surface area (Å²) >= 11 is 1.88. The molecule has 3 heterocycles. The summed E-state index contributed by atoms with van der Waals surface area (Å²) in [7, 11) is 0. The van der Waals surface area contributed by atoms with Crippen LogP contribution in [0.5, 0.6) is 0 Å². The molecule has 1 N–H and O–H groups in total. The SMILES string of the molecule is C[C@@H]1CCc2c(sc3nc(CCc4ccccc4)nc(N4CCN(C(=O)NCc5ccccc5)CC4)c23)C1. The second kappa shape index (κ2) is 11.1. The van der Waals surface area contributed by atoms with Gasteiger partial charge in [-0.1, -0.05) is 67.6 Å². The van der Waals surface area contributed by atoms with Crippen LogP contribution >= 0.6 is 11.3 Å². The molecule has 1 atom stereocenters. The number of rotatable bonds is 6. The summed E-state index contributed by atoms with van der Waals surface area (Å²) in [6.07, 6.45) is 5.24. The van der Waals surface area contributed by atoms with Crippen molar-refractivity contribution in [3.05, 3.63) is 88.1 Å². The largest absolute Gasteiger partial charge is 0.352 e. The predicted octanol–water partition coefficient (Wildman–Crippen LogP) is 5.63. The maximum absolute atomic E-state index is 12.9. The number of carbonyl (C=O) groups is 1. The highest BCUT2D eigenvalue weighted by molar-refractivity contribution is 7.19. The van der Waals surface area contributed by atoms with E-state index in [-0.39, 0.29) is 6.03 Å². The third-order valence-corrected chi connectivity index (χ3v) is 8.96. The number of fused-ring (bicyclic) bond motifs is 3. The first-order valence-electron chi connectivity index (χ1n) is 13.8. The molecular formula is C31H35N5OS. The topological polar surface area (TPSA) is 61.4 Å². The van der Waals surface area contributed by atoms with E-state index in [1.165, 1.54) is 27.8 Å². The molecule has 0 radical (unpaired) electrons. The fraction of sp³-hybridized carbons (Fsp3) is 0.387. The van der Waals surface area contributed by atoms with E-state index in [9.17, 15) is 4.79 Å². The van der Waals surface area contributed by atoms with Crippen molar-refractivity contribution < 1.29 is 4.79 Å². The lowest BCUT2D eigenvalue weighted by Gasteiger charge is -2.36. The van der Waals surface area contributed by atoms with Gasteiger partial charge in [0.1, 0.15) is 16.5 Å². The summed E-state index contributed by atoms with van der Waals surface area (Å²) in [4.78, 5) is 30.1. The van der Waals surface area contributed by atoms with Crippen molar-refractivity contribution in [3.8, 4) is 0 Å². The number of hydrogen-bond acceptors (Lipinski definition) is 5. The summed E-state index contributed by atoms with van der Waals surface area (Å²) < 4.78 is 0. The molecule has 38 heavy (non-hydrogen) atoms. The van der Waals surface area contributed by atoms with Gasteiger partial charge in [-0.05, 0) is 48.3 Å². The van der Waals surface area contributed by atoms with Crippen LogP contribution in [0.2, 0.25) is 0 Å². The molecule has 4 aromatic rings. The third-order valence-electron chi connectivity index (χ3n) is 7.82. The Hall–Kier alpha value is -3.45. The van der Waals surface area contributed by atoms with E-state index in [0.29, 0.717) is 19.6 Å². The van der Waals surface area contributed by atoms with Crippen molar-refractivity contribution in [2.75, 3.05) is 31.1 Å². The number of anilines is 1. The van der Waals surface area contributed by atoms with Crippen molar-refractivity contribution in [2.45, 2.75) is 45.6 Å². The number of nitrogens with zero attached hydrogens (tertiary/aromatic N) is 4. The predicted molar refractivity (Wildman–Crippen MR) is 155 cm³/mol. The van der Waals surface area contributed by atoms with Crippen LogP contribution in [0.4, 0.5) is 10.6 Å². The Bertz CT molecular complexity index is 1400. The van der Waals surface area contributed by atoms with Crippen molar-refractivity contribution >= 4 is 33.4 Å². The van der Waals surface area contributed by atoms with Gasteiger partial charge in [0.15, 0.2) is 0 Å². The molecule has 6 rings (SSSR count). The molecule has 1 fully saturated rings. The third kappa shape index (κ3) is 5.39. The number of nitrogens with one attached hydrogen (secondary N) is 1. The number of benzene rings is 2. The Morgan fingerprint density at radius 2 is 1.66 bits per heavy atom. The van der Waals surface area contributed by atoms with Crippen LogP contribution in [-0.2, 0) is 32.2 Å². The van der Waals surface area contributed by atoms with Gasteiger partial charge < -0.3 is 15.1 Å². The van der Waals surface area contributed by atoms with Crippen molar-refractivity contribution in [1.29, 1.82) is 0 Å². The van der Waals surface area contributed by atoms with Gasteiger partial charge in [0.05, 0.1) is 5.39 Å². The van der Waals surface area contributed by atoms with E-state index in [0.717, 1.165) is 66.7 Å². The van der Waals surface area contributed by atoms with Gasteiger partial charge in [-0.3, -0.25) is 0 Å². The van der Waals surface area contributed by atoms with E-state index < -0.39 is 0 Å². The lowest BCUT2D eigenvalue weighted by molar-refractivity contribution is 0.194. The van der Waals surface area contributed by atoms with E-state index in [1.807, 2.05) is 46.6 Å². The lowest BCUT2D eigenvalue weighted by Crippen LogP contribution is -2.52. The quantitative estimate of drug-likeness (QED) is 0.354. The van der Waals surface area contributed by atoms with Gasteiger partial charge >= 0.3 is 6.03 Å². The maximum atomic E-state index is 12.9. The second-order valence-electron chi connectivity index (χ2n) is 10.6. The molecule has 1 aliphatic heterocycles. The first-order chi connectivity index (χ1) is 18.6. The van der Waals surface area contributed by atoms with E-state index in [4.69, 9.17) is 9.97 Å². The Morgan fingerprint density at radius 1 is 0.947 bits per heavy atom. The smallest absolute Gasteiger partial charge is 0.317 e. The molecule has 0 spiro atoms. The van der Waals surface area contributed by atoms with Crippen LogP contribution in [0, 0.1) is 5.92 Å². The molecule has 196 valence electrons. The molecule has 7 heteroatoms. The van der Waals surface area contributed by atoms with E-state index in [2.05, 4.69) is 47.5 Å². The maximum Gasteiger partial charge on any atom is 0.317 e. The van der Waals surface area contributed by atoms with Crippen molar-refractivity contribution in [2.24, 2.45) is 5.92 Å². The summed E-state index contributed by atoms with van der Waals surface area (Å²) in [6, 6.07) is 20.7. The Labute approximate surface area is 228 Å². The molecule has 2 aromatic carbocycles. The summed E-state index contributed by atoms with van der Waals surface area (Å²) in [6.45, 7) is 5.85. The first-order valence-corrected chi connectivity index (χ1v) is 14.6. The minimum absolute atomic E-state index is 0.00629. The highest BCUT2D eigenvalue weighted by Gasteiger charge is 2.28. The van der Waals surface area contributed by atoms with Crippen LogP contribution in [0.3, 0.4) is 0 Å². The summed E-state index contributed by atoms with van der Waals surface area (Å²) in [5.41, 5.74) is 3.89. The highest BCUT2D eigenvalue weighted by atomic mass is 32.1. The molecule has 6 nitrogen and oxygen atoms in total. The van der Waals surface area contributed by atoms with E-state index in [1.54, 1.807) is 0 Å². The zero-order valence-electron chi connectivity index (χ0n) is 22.0. The van der Waals surface area contributed by atoms with Crippen molar-refractivity contribution in [3.63, 3.8) is 0 Å². The van der Waals surface area contributed by atoms with Crippen LogP contribution in [0.15, 0.2) is 60.7 Å². The standard InChI is InChI=1S/C31H35N5OS/c1-22-12-14-25-26(20-22)38-30-28(25)29(33-27(34-30)15-13-23-8-4-2-5-9-23)35-16-18-36(19-17-35)31(37)32-21-24-10-6-3-7-11-24/h2-11,22H,12-21H2,1H3,(H,32,37)/t22-/m1/s1. The number of piperazine rings is 1. The fourth-order valence-electron chi connectivity index (χ4n) is 5.61. The monoisotopic (exact) mass is 525 g/mol. The molecule has 0 saturated carbocycles. The Balaban J connectivity index is 1.21. The van der Waals surface area contributed by atoms with Gasteiger partial charge in [-0.25, -0.2) is 14.8 Å². The van der Waals surface area contributed by atoms with Crippen LogP contribution < -0.4 is 10.2 Å². The normalized spacial score (nSPS) is 17.4. The Kier molecular flexibility index (Phi) is 7.27. The number of carbonyl (C=O) groups excluding carboxylic acids is 1. The lowest BCUT2D eigenvalue weighted by atomic mass is 9.89. The number of urea groups is 1. The average molecular weight is 526 g/mol. The summed E-state index contributed by atoms with van der Waals surface area (Å²) in [5, 5.41) is 4.35. The second-order valence-corrected chi connectivity index (χ2v) is 11.7. The van der Waals surface area contributed by atoms with Gasteiger partial charge in [-0.2, -0.15) is 0 Å². The van der Waals surface area contributed by atoms with Crippen LogP contribution in [0.1, 0.15) is 40.7 Å².